The Morgan fingerprint density at radius 1 is 1.10 bits per heavy atom. The fraction of sp³-hybridized carbons (Fsp3) is 0.600. The topological polar surface area (TPSA) is 116 Å². The number of carbonyl (C=O) groups is 2. The summed E-state index contributed by atoms with van der Waals surface area (Å²) in [5.74, 6) is -1.31. The minimum atomic E-state index is -4.02. The molecule has 3 N–H and O–H groups in total. The van der Waals surface area contributed by atoms with Crippen molar-refractivity contribution in [1.29, 1.82) is 0 Å². The molecule has 1 aromatic carbocycles. The summed E-state index contributed by atoms with van der Waals surface area (Å²) in [6.07, 6.45) is 4.43. The molecular formula is C20H28ClN3O5S. The molecule has 0 heterocycles. The van der Waals surface area contributed by atoms with E-state index >= 15 is 0 Å². The van der Waals surface area contributed by atoms with Gasteiger partial charge in [-0.05, 0) is 44.7 Å². The lowest BCUT2D eigenvalue weighted by molar-refractivity contribution is -0.146. The van der Waals surface area contributed by atoms with Gasteiger partial charge >= 0.3 is 0 Å². The smallest absolute Gasteiger partial charge is 0.247 e. The van der Waals surface area contributed by atoms with Gasteiger partial charge in [0.1, 0.15) is 17.0 Å². The third-order valence-electron chi connectivity index (χ3n) is 6.18. The summed E-state index contributed by atoms with van der Waals surface area (Å²) < 4.78 is 26.0. The van der Waals surface area contributed by atoms with E-state index in [0.29, 0.717) is 5.92 Å². The zero-order valence-corrected chi connectivity index (χ0v) is 19.1. The summed E-state index contributed by atoms with van der Waals surface area (Å²) in [6.45, 7) is 4.05. The molecule has 2 saturated carbocycles. The van der Waals surface area contributed by atoms with Crippen molar-refractivity contribution in [2.75, 3.05) is 19.4 Å². The molecule has 1 aromatic rings. The molecule has 30 heavy (non-hydrogen) atoms. The van der Waals surface area contributed by atoms with Crippen molar-refractivity contribution in [2.45, 2.75) is 62.0 Å². The largest absolute Gasteiger partial charge is 0.504 e. The number of anilines is 1. The molecule has 2 unspecified atom stereocenters. The van der Waals surface area contributed by atoms with E-state index in [2.05, 4.69) is 10.6 Å². The lowest BCUT2D eigenvalue weighted by Gasteiger charge is -2.43. The Morgan fingerprint density at radius 2 is 1.67 bits per heavy atom. The summed E-state index contributed by atoms with van der Waals surface area (Å²) in [6, 6.07) is 1.06. The molecule has 0 saturated heterocycles. The molecule has 166 valence electrons. The number of rotatable bonds is 7. The Bertz CT molecular complexity index is 971. The van der Waals surface area contributed by atoms with Crippen molar-refractivity contribution in [2.24, 2.45) is 5.92 Å². The van der Waals surface area contributed by atoms with Gasteiger partial charge in [0.2, 0.25) is 21.6 Å². The number of hydrogen-bond acceptors (Lipinski definition) is 7. The number of nitrogens with zero attached hydrogens (tertiary/aromatic N) is 1. The molecule has 0 radical (unpaired) electrons. The molecule has 0 spiro atoms. The van der Waals surface area contributed by atoms with Crippen LogP contribution in [0.15, 0.2) is 17.0 Å². The van der Waals surface area contributed by atoms with Crippen LogP contribution in [-0.4, -0.2) is 61.1 Å². The van der Waals surface area contributed by atoms with Crippen molar-refractivity contribution < 1.29 is 23.1 Å². The predicted molar refractivity (Wildman–Crippen MR) is 114 cm³/mol. The molecule has 2 aliphatic rings. The van der Waals surface area contributed by atoms with Gasteiger partial charge in [0.25, 0.3) is 0 Å². The predicted octanol–water partition coefficient (Wildman–Crippen LogP) is 2.16. The van der Waals surface area contributed by atoms with Crippen molar-refractivity contribution in [3.05, 3.63) is 17.2 Å². The Kier molecular flexibility index (Phi) is 6.21. The van der Waals surface area contributed by atoms with E-state index in [1.165, 1.54) is 26.2 Å². The molecule has 10 heteroatoms. The molecule has 0 amide bonds. The monoisotopic (exact) mass is 457 g/mol. The van der Waals surface area contributed by atoms with Crippen LogP contribution in [0, 0.1) is 5.92 Å². The van der Waals surface area contributed by atoms with Gasteiger partial charge in [0.05, 0.1) is 10.7 Å². The standard InChI is InChI=1S/C20H28ClN3O5S/c1-20(2,11-7-5-6-8-11)23-15-14(17(26)18(15)27)22-13-10-9-12(21)19(16(13)25)30(28,29)24(3)4/h9-11,14-15,22-23,25H,5-8H2,1-4H3. The third-order valence-corrected chi connectivity index (χ3v) is 8.50. The average Bonchev–Trinajstić information content (AvgIpc) is 3.21. The molecule has 2 atom stereocenters. The lowest BCUT2D eigenvalue weighted by Crippen LogP contribution is -2.71. The van der Waals surface area contributed by atoms with E-state index in [1.807, 2.05) is 13.8 Å². The van der Waals surface area contributed by atoms with E-state index in [-0.39, 0.29) is 16.2 Å². The number of hydrogen-bond donors (Lipinski definition) is 3. The van der Waals surface area contributed by atoms with Gasteiger partial charge in [0, 0.05) is 19.6 Å². The van der Waals surface area contributed by atoms with E-state index in [1.54, 1.807) is 0 Å². The number of phenolic OH excluding ortho intramolecular Hbond substituents is 1. The molecule has 2 fully saturated rings. The zero-order chi connectivity index (χ0) is 22.4. The summed E-state index contributed by atoms with van der Waals surface area (Å²) in [5, 5.41) is 16.6. The number of phenols is 1. The Hall–Kier alpha value is -1.68. The first-order chi connectivity index (χ1) is 13.9. The second-order valence-electron chi connectivity index (χ2n) is 8.74. The van der Waals surface area contributed by atoms with Crippen LogP contribution in [0.5, 0.6) is 5.75 Å². The lowest BCUT2D eigenvalue weighted by atomic mass is 9.78. The third kappa shape index (κ3) is 3.95. The normalized spacial score (nSPS) is 23.1. The number of ketones is 2. The first kappa shape index (κ1) is 23.0. The Balaban J connectivity index is 1.86. The van der Waals surface area contributed by atoms with Crippen LogP contribution in [0.3, 0.4) is 0 Å². The van der Waals surface area contributed by atoms with Crippen molar-refractivity contribution in [3.8, 4) is 5.75 Å². The fourth-order valence-electron chi connectivity index (χ4n) is 4.24. The Labute approximate surface area is 182 Å². The van der Waals surface area contributed by atoms with E-state index in [4.69, 9.17) is 11.6 Å². The highest BCUT2D eigenvalue weighted by Gasteiger charge is 2.52. The minimum absolute atomic E-state index is 0.0242. The second-order valence-corrected chi connectivity index (χ2v) is 11.2. The highest BCUT2D eigenvalue weighted by Crippen LogP contribution is 2.39. The van der Waals surface area contributed by atoms with Crippen LogP contribution in [0.1, 0.15) is 39.5 Å². The van der Waals surface area contributed by atoms with Gasteiger partial charge < -0.3 is 10.4 Å². The van der Waals surface area contributed by atoms with Crippen molar-refractivity contribution in [3.63, 3.8) is 0 Å². The molecule has 0 aromatic heterocycles. The van der Waals surface area contributed by atoms with Crippen LogP contribution >= 0.6 is 11.6 Å². The molecule has 2 aliphatic carbocycles. The molecular weight excluding hydrogens is 430 g/mol. The first-order valence-electron chi connectivity index (χ1n) is 9.94. The van der Waals surface area contributed by atoms with Crippen LogP contribution in [-0.2, 0) is 19.6 Å². The summed E-state index contributed by atoms with van der Waals surface area (Å²) in [4.78, 5) is 24.1. The summed E-state index contributed by atoms with van der Waals surface area (Å²) >= 11 is 6.03. The zero-order valence-electron chi connectivity index (χ0n) is 17.5. The SMILES string of the molecule is CN(C)S(=O)(=O)c1c(Cl)ccc(NC2C(=O)C(=O)C2NC(C)(C)C2CCCC2)c1O. The second kappa shape index (κ2) is 8.11. The maximum absolute atomic E-state index is 12.5. The number of benzene rings is 1. The van der Waals surface area contributed by atoms with Crippen LogP contribution in [0.4, 0.5) is 5.69 Å². The fourth-order valence-corrected chi connectivity index (χ4v) is 5.71. The van der Waals surface area contributed by atoms with Gasteiger partial charge in [-0.15, -0.1) is 0 Å². The number of Topliss-reactive ketones (excluding diaryl/α,β-unsaturated/α-hetero) is 2. The van der Waals surface area contributed by atoms with Crippen LogP contribution in [0.25, 0.3) is 0 Å². The van der Waals surface area contributed by atoms with Crippen LogP contribution in [0.2, 0.25) is 5.02 Å². The van der Waals surface area contributed by atoms with E-state index in [9.17, 15) is 23.1 Å². The average molecular weight is 458 g/mol. The summed E-state index contributed by atoms with van der Waals surface area (Å²) in [5.41, 5.74) is -0.310. The highest BCUT2D eigenvalue weighted by atomic mass is 35.5. The minimum Gasteiger partial charge on any atom is -0.504 e. The number of nitrogens with one attached hydrogen (secondary N) is 2. The van der Waals surface area contributed by atoms with Crippen LogP contribution < -0.4 is 10.6 Å². The van der Waals surface area contributed by atoms with Gasteiger partial charge in [-0.25, -0.2) is 12.7 Å². The molecule has 0 bridgehead atoms. The van der Waals surface area contributed by atoms with Gasteiger partial charge in [0.15, 0.2) is 5.75 Å². The van der Waals surface area contributed by atoms with Crippen molar-refractivity contribution >= 4 is 38.9 Å². The maximum Gasteiger partial charge on any atom is 0.247 e. The maximum atomic E-state index is 12.5. The molecule has 3 rings (SSSR count). The van der Waals surface area contributed by atoms with E-state index < -0.39 is 44.3 Å². The number of halogens is 1. The molecule has 0 aliphatic heterocycles. The first-order valence-corrected chi connectivity index (χ1v) is 11.8. The molecule has 8 nitrogen and oxygen atoms in total. The van der Waals surface area contributed by atoms with Gasteiger partial charge in [-0.2, -0.15) is 0 Å². The van der Waals surface area contributed by atoms with Gasteiger partial charge in [-0.3, -0.25) is 14.9 Å². The van der Waals surface area contributed by atoms with Gasteiger partial charge in [-0.1, -0.05) is 24.4 Å². The Morgan fingerprint density at radius 3 is 2.23 bits per heavy atom. The quantitative estimate of drug-likeness (QED) is 0.424. The summed E-state index contributed by atoms with van der Waals surface area (Å²) in [7, 11) is -1.37. The highest BCUT2D eigenvalue weighted by molar-refractivity contribution is 7.89. The number of sulfonamides is 1. The van der Waals surface area contributed by atoms with E-state index in [0.717, 1.165) is 30.0 Å². The number of aromatic hydroxyl groups is 1. The van der Waals surface area contributed by atoms with Crippen molar-refractivity contribution in [1.82, 2.24) is 9.62 Å². The number of carbonyl (C=O) groups excluding carboxylic acids is 2.